The number of carbonyl (C=O) groups excluding carboxylic acids is 1. The number of nitro benzene ring substituents is 1. The Hall–Kier alpha value is -2.36. The number of aliphatic hydroxyl groups is 1. The van der Waals surface area contributed by atoms with Crippen LogP contribution in [-0.2, 0) is 0 Å². The fraction of sp³-hybridized carbons (Fsp3) is 0.364. The summed E-state index contributed by atoms with van der Waals surface area (Å²) in [5.74, 6) is -1.40. The lowest BCUT2D eigenvalue weighted by Gasteiger charge is -2.15. The van der Waals surface area contributed by atoms with Crippen LogP contribution in [-0.4, -0.2) is 41.9 Å². The Kier molecular flexibility index (Phi) is 5.08. The second-order valence-corrected chi connectivity index (χ2v) is 3.88. The highest BCUT2D eigenvalue weighted by Gasteiger charge is 2.38. The molecule has 0 saturated carbocycles. The summed E-state index contributed by atoms with van der Waals surface area (Å²) in [4.78, 5) is 21.7. The second-order valence-electron chi connectivity index (χ2n) is 3.88. The molecule has 0 aromatic heterocycles. The predicted octanol–water partition coefficient (Wildman–Crippen LogP) is 1.26. The molecule has 116 valence electrons. The number of halogens is 3. The van der Waals surface area contributed by atoms with Crippen molar-refractivity contribution in [1.82, 2.24) is 5.32 Å². The molecule has 2 N–H and O–H groups in total. The standard InChI is InChI=1S/C11H11F3N2O5/c1-21-9-6(3-2-4-7(9)16(19)20)10(18)15-5-8(17)11(12,13)14/h2-4,8,17H,5H2,1H3,(H,15,18). The molecule has 0 fully saturated rings. The summed E-state index contributed by atoms with van der Waals surface area (Å²) in [7, 11) is 1.09. The van der Waals surface area contributed by atoms with E-state index in [1.54, 1.807) is 0 Å². The fourth-order valence-corrected chi connectivity index (χ4v) is 1.46. The van der Waals surface area contributed by atoms with E-state index in [1.165, 1.54) is 6.07 Å². The van der Waals surface area contributed by atoms with E-state index in [9.17, 15) is 28.1 Å². The number of carbonyl (C=O) groups is 1. The number of hydrogen-bond acceptors (Lipinski definition) is 5. The molecule has 1 amide bonds. The summed E-state index contributed by atoms with van der Waals surface area (Å²) in [5, 5.41) is 21.4. The number of amides is 1. The average Bonchev–Trinajstić information content (AvgIpc) is 2.42. The van der Waals surface area contributed by atoms with Crippen molar-refractivity contribution >= 4 is 11.6 Å². The second kappa shape index (κ2) is 6.39. The van der Waals surface area contributed by atoms with Crippen LogP contribution in [0.4, 0.5) is 18.9 Å². The first-order valence-electron chi connectivity index (χ1n) is 5.52. The van der Waals surface area contributed by atoms with Crippen molar-refractivity contribution in [2.45, 2.75) is 12.3 Å². The van der Waals surface area contributed by atoms with Crippen molar-refractivity contribution in [3.63, 3.8) is 0 Å². The minimum Gasteiger partial charge on any atom is -0.490 e. The molecule has 10 heteroatoms. The Balaban J connectivity index is 2.93. The number of nitrogens with zero attached hydrogens (tertiary/aromatic N) is 1. The zero-order valence-electron chi connectivity index (χ0n) is 10.7. The Morgan fingerprint density at radius 2 is 2.14 bits per heavy atom. The number of aliphatic hydroxyl groups excluding tert-OH is 1. The van der Waals surface area contributed by atoms with Gasteiger partial charge in [0, 0.05) is 6.07 Å². The minimum atomic E-state index is -4.87. The first-order valence-corrected chi connectivity index (χ1v) is 5.52. The Bertz CT molecular complexity index is 547. The number of alkyl halides is 3. The first-order chi connectivity index (χ1) is 9.68. The van der Waals surface area contributed by atoms with Crippen molar-refractivity contribution < 1.29 is 32.7 Å². The zero-order chi connectivity index (χ0) is 16.2. The predicted molar refractivity (Wildman–Crippen MR) is 64.0 cm³/mol. The third kappa shape index (κ3) is 4.05. The van der Waals surface area contributed by atoms with Gasteiger partial charge < -0.3 is 15.2 Å². The lowest BCUT2D eigenvalue weighted by molar-refractivity contribution is -0.385. The monoisotopic (exact) mass is 308 g/mol. The topological polar surface area (TPSA) is 102 Å². The molecule has 0 saturated heterocycles. The summed E-state index contributed by atoms with van der Waals surface area (Å²) in [6, 6.07) is 3.43. The van der Waals surface area contributed by atoms with Gasteiger partial charge in [0.1, 0.15) is 0 Å². The molecule has 1 atom stereocenters. The van der Waals surface area contributed by atoms with Gasteiger partial charge in [0.2, 0.25) is 5.75 Å². The Morgan fingerprint density at radius 3 is 2.62 bits per heavy atom. The minimum absolute atomic E-state index is 0.305. The molecule has 0 radical (unpaired) electrons. The van der Waals surface area contributed by atoms with Crippen LogP contribution in [0.1, 0.15) is 10.4 Å². The first kappa shape index (κ1) is 16.7. The summed E-state index contributed by atoms with van der Waals surface area (Å²) in [5.41, 5.74) is -0.803. The number of rotatable bonds is 5. The molecule has 1 aromatic carbocycles. The van der Waals surface area contributed by atoms with Gasteiger partial charge in [-0.2, -0.15) is 13.2 Å². The third-order valence-corrected chi connectivity index (χ3v) is 2.47. The molecule has 0 aliphatic heterocycles. The van der Waals surface area contributed by atoms with Crippen molar-refractivity contribution in [1.29, 1.82) is 0 Å². The maximum absolute atomic E-state index is 12.1. The van der Waals surface area contributed by atoms with E-state index in [-0.39, 0.29) is 11.3 Å². The maximum Gasteiger partial charge on any atom is 0.416 e. The molecule has 0 aliphatic rings. The lowest BCUT2D eigenvalue weighted by atomic mass is 10.1. The van der Waals surface area contributed by atoms with E-state index < -0.39 is 35.3 Å². The average molecular weight is 308 g/mol. The van der Waals surface area contributed by atoms with Crippen LogP contribution in [0.15, 0.2) is 18.2 Å². The van der Waals surface area contributed by atoms with Gasteiger partial charge in [0.15, 0.2) is 6.10 Å². The van der Waals surface area contributed by atoms with Gasteiger partial charge in [0.25, 0.3) is 5.91 Å². The van der Waals surface area contributed by atoms with Crippen molar-refractivity contribution in [2.24, 2.45) is 0 Å². The molecule has 0 bridgehead atoms. The van der Waals surface area contributed by atoms with Crippen LogP contribution >= 0.6 is 0 Å². The normalized spacial score (nSPS) is 12.6. The summed E-state index contributed by atoms with van der Waals surface area (Å²) >= 11 is 0. The van der Waals surface area contributed by atoms with Crippen molar-refractivity contribution in [3.05, 3.63) is 33.9 Å². The molecule has 0 heterocycles. The molecule has 1 unspecified atom stereocenters. The maximum atomic E-state index is 12.1. The largest absolute Gasteiger partial charge is 0.490 e. The number of nitro groups is 1. The molecule has 7 nitrogen and oxygen atoms in total. The SMILES string of the molecule is COc1c(C(=O)NCC(O)C(F)(F)F)cccc1[N+](=O)[O-]. The van der Waals surface area contributed by atoms with Crippen LogP contribution in [0.25, 0.3) is 0 Å². The molecular formula is C11H11F3N2O5. The van der Waals surface area contributed by atoms with Gasteiger partial charge in [-0.3, -0.25) is 14.9 Å². The van der Waals surface area contributed by atoms with Crippen LogP contribution in [0.3, 0.4) is 0 Å². The van der Waals surface area contributed by atoms with E-state index in [0.717, 1.165) is 19.2 Å². The van der Waals surface area contributed by atoms with Gasteiger partial charge in [-0.15, -0.1) is 0 Å². The van der Waals surface area contributed by atoms with E-state index in [4.69, 9.17) is 9.84 Å². The number of para-hydroxylation sites is 1. The van der Waals surface area contributed by atoms with Crippen molar-refractivity contribution in [2.75, 3.05) is 13.7 Å². The third-order valence-electron chi connectivity index (χ3n) is 2.47. The molecule has 1 rings (SSSR count). The van der Waals surface area contributed by atoms with Crippen molar-refractivity contribution in [3.8, 4) is 5.75 Å². The van der Waals surface area contributed by atoms with Gasteiger partial charge in [-0.1, -0.05) is 6.07 Å². The highest BCUT2D eigenvalue weighted by molar-refractivity contribution is 5.98. The number of hydrogen-bond donors (Lipinski definition) is 2. The van der Waals surface area contributed by atoms with E-state index in [2.05, 4.69) is 0 Å². The van der Waals surface area contributed by atoms with Gasteiger partial charge >= 0.3 is 11.9 Å². The smallest absolute Gasteiger partial charge is 0.416 e. The molecule has 0 spiro atoms. The lowest BCUT2D eigenvalue weighted by Crippen LogP contribution is -2.40. The van der Waals surface area contributed by atoms with Crippen LogP contribution in [0, 0.1) is 10.1 Å². The summed E-state index contributed by atoms with van der Waals surface area (Å²) < 4.78 is 41.1. The highest BCUT2D eigenvalue weighted by atomic mass is 19.4. The Labute approximate surface area is 116 Å². The molecular weight excluding hydrogens is 297 g/mol. The number of nitrogens with one attached hydrogen (secondary N) is 1. The van der Waals surface area contributed by atoms with E-state index in [0.29, 0.717) is 0 Å². The van der Waals surface area contributed by atoms with Gasteiger partial charge in [-0.05, 0) is 6.07 Å². The Morgan fingerprint density at radius 1 is 1.52 bits per heavy atom. The zero-order valence-corrected chi connectivity index (χ0v) is 10.7. The van der Waals surface area contributed by atoms with Gasteiger partial charge in [0.05, 0.1) is 24.1 Å². The number of ether oxygens (including phenoxy) is 1. The number of methoxy groups -OCH3 is 1. The number of benzene rings is 1. The van der Waals surface area contributed by atoms with E-state index >= 15 is 0 Å². The fourth-order valence-electron chi connectivity index (χ4n) is 1.46. The quantitative estimate of drug-likeness (QED) is 0.630. The molecule has 1 aromatic rings. The van der Waals surface area contributed by atoms with E-state index in [1.807, 2.05) is 5.32 Å². The van der Waals surface area contributed by atoms with Gasteiger partial charge in [-0.25, -0.2) is 0 Å². The molecule has 21 heavy (non-hydrogen) atoms. The van der Waals surface area contributed by atoms with Crippen LogP contribution in [0.2, 0.25) is 0 Å². The van der Waals surface area contributed by atoms with Crippen LogP contribution in [0.5, 0.6) is 5.75 Å². The molecule has 0 aliphatic carbocycles. The summed E-state index contributed by atoms with van der Waals surface area (Å²) in [6.07, 6.45) is -7.61. The summed E-state index contributed by atoms with van der Waals surface area (Å²) in [6.45, 7) is -1.08. The highest BCUT2D eigenvalue weighted by Crippen LogP contribution is 2.30. The van der Waals surface area contributed by atoms with Crippen LogP contribution < -0.4 is 10.1 Å².